The Balaban J connectivity index is 1.83. The Kier molecular flexibility index (Phi) is 4.38. The van der Waals surface area contributed by atoms with Gasteiger partial charge in [-0.2, -0.15) is 19.7 Å². The highest BCUT2D eigenvalue weighted by Gasteiger charge is 2.10. The van der Waals surface area contributed by atoms with Crippen LogP contribution in [-0.4, -0.2) is 61.4 Å². The molecule has 0 atom stereocenters. The van der Waals surface area contributed by atoms with Crippen LogP contribution in [0, 0.1) is 0 Å². The van der Waals surface area contributed by atoms with Crippen molar-refractivity contribution in [2.24, 2.45) is 0 Å². The summed E-state index contributed by atoms with van der Waals surface area (Å²) in [6.07, 6.45) is 4.83. The molecule has 0 aliphatic carbocycles. The van der Waals surface area contributed by atoms with E-state index < -0.39 is 0 Å². The number of nitrogens with one attached hydrogen (secondary N) is 1. The molecule has 0 aliphatic rings. The fraction of sp³-hybridized carbons (Fsp3) is 0.357. The zero-order valence-electron chi connectivity index (χ0n) is 13.7. The van der Waals surface area contributed by atoms with Gasteiger partial charge in [0.2, 0.25) is 5.91 Å². The minimum absolute atomic E-state index is 0.0328. The Morgan fingerprint density at radius 2 is 2.21 bits per heavy atom. The molecule has 3 aromatic rings. The van der Waals surface area contributed by atoms with Gasteiger partial charge in [0.05, 0.1) is 24.2 Å². The summed E-state index contributed by atoms with van der Waals surface area (Å²) in [7, 11) is 5.02. The maximum absolute atomic E-state index is 11.7. The Morgan fingerprint density at radius 1 is 1.38 bits per heavy atom. The van der Waals surface area contributed by atoms with Crippen molar-refractivity contribution in [1.29, 1.82) is 0 Å². The lowest BCUT2D eigenvalue weighted by atomic mass is 10.4. The largest absolute Gasteiger partial charge is 0.378 e. The minimum atomic E-state index is -0.0328. The van der Waals surface area contributed by atoms with Crippen molar-refractivity contribution in [3.63, 3.8) is 0 Å². The second kappa shape index (κ2) is 6.62. The normalized spacial score (nSPS) is 11.0. The van der Waals surface area contributed by atoms with E-state index >= 15 is 0 Å². The number of hydrogen-bond donors (Lipinski definition) is 1. The number of nitrogens with zero attached hydrogens (tertiary/aromatic N) is 7. The van der Waals surface area contributed by atoms with Gasteiger partial charge in [-0.05, 0) is 0 Å². The number of carbonyl (C=O) groups excluding carboxylic acids is 1. The van der Waals surface area contributed by atoms with Crippen LogP contribution in [0.4, 0.5) is 11.5 Å². The number of likely N-dealkylation sites (N-methyl/N-ethyl adjacent to an activating group) is 1. The van der Waals surface area contributed by atoms with Crippen LogP contribution in [0.1, 0.15) is 5.69 Å². The van der Waals surface area contributed by atoms with Crippen LogP contribution >= 0.6 is 0 Å². The molecule has 126 valence electrons. The average Bonchev–Trinajstić information content (AvgIpc) is 3.17. The lowest BCUT2D eigenvalue weighted by Crippen LogP contribution is -2.26. The first-order valence-electron chi connectivity index (χ1n) is 7.25. The number of methoxy groups -OCH3 is 1. The van der Waals surface area contributed by atoms with E-state index in [9.17, 15) is 4.79 Å². The summed E-state index contributed by atoms with van der Waals surface area (Å²) in [6, 6.07) is 1.83. The van der Waals surface area contributed by atoms with E-state index in [1.165, 1.54) is 11.2 Å². The molecule has 10 heteroatoms. The summed E-state index contributed by atoms with van der Waals surface area (Å²) in [6.45, 7) is 0.549. The monoisotopic (exact) mass is 330 g/mol. The van der Waals surface area contributed by atoms with Crippen LogP contribution < -0.4 is 5.32 Å². The topological polar surface area (TPSA) is 102 Å². The molecular formula is C14H18N8O2. The molecule has 0 bridgehead atoms. The van der Waals surface area contributed by atoms with Crippen LogP contribution in [0.2, 0.25) is 0 Å². The van der Waals surface area contributed by atoms with Gasteiger partial charge in [0.15, 0.2) is 0 Å². The van der Waals surface area contributed by atoms with E-state index in [1.807, 2.05) is 6.07 Å². The fourth-order valence-electron chi connectivity index (χ4n) is 2.11. The smallest absolute Gasteiger partial charge is 0.254 e. The second-order valence-corrected chi connectivity index (χ2v) is 5.38. The predicted octanol–water partition coefficient (Wildman–Crippen LogP) is 0.299. The van der Waals surface area contributed by atoms with E-state index in [1.54, 1.807) is 42.8 Å². The first-order chi connectivity index (χ1) is 11.6. The number of ether oxygens (including phenoxy) is 1. The maximum Gasteiger partial charge on any atom is 0.254 e. The Bertz CT molecular complexity index is 853. The predicted molar refractivity (Wildman–Crippen MR) is 85.7 cm³/mol. The summed E-state index contributed by atoms with van der Waals surface area (Å²) in [5.74, 6) is 1.12. The second-order valence-electron chi connectivity index (χ2n) is 5.38. The van der Waals surface area contributed by atoms with Crippen molar-refractivity contribution in [3.8, 4) is 0 Å². The molecular weight excluding hydrogens is 312 g/mol. The molecule has 1 N–H and O–H groups in total. The summed E-state index contributed by atoms with van der Waals surface area (Å²) in [5, 5.41) is 11.5. The average molecular weight is 330 g/mol. The Labute approximate surface area is 138 Å². The molecule has 1 amide bonds. The highest BCUT2D eigenvalue weighted by molar-refractivity contribution is 5.75. The summed E-state index contributed by atoms with van der Waals surface area (Å²) in [5.41, 5.74) is 1.46. The quantitative estimate of drug-likeness (QED) is 0.693. The minimum Gasteiger partial charge on any atom is -0.378 e. The van der Waals surface area contributed by atoms with Crippen LogP contribution in [0.3, 0.4) is 0 Å². The molecule has 0 saturated carbocycles. The summed E-state index contributed by atoms with van der Waals surface area (Å²) in [4.78, 5) is 21.7. The van der Waals surface area contributed by atoms with Crippen molar-refractivity contribution >= 4 is 23.2 Å². The summed E-state index contributed by atoms with van der Waals surface area (Å²) < 4.78 is 8.28. The molecule has 24 heavy (non-hydrogen) atoms. The number of amides is 1. The summed E-state index contributed by atoms with van der Waals surface area (Å²) >= 11 is 0. The molecule has 0 saturated heterocycles. The molecule has 3 aromatic heterocycles. The van der Waals surface area contributed by atoms with Gasteiger partial charge in [-0.1, -0.05) is 0 Å². The molecule has 0 radical (unpaired) electrons. The zero-order chi connectivity index (χ0) is 17.1. The van der Waals surface area contributed by atoms with E-state index in [4.69, 9.17) is 4.74 Å². The lowest BCUT2D eigenvalue weighted by Gasteiger charge is -2.09. The van der Waals surface area contributed by atoms with Gasteiger partial charge in [0.1, 0.15) is 18.7 Å². The molecule has 0 aliphatic heterocycles. The standard InChI is InChI=1S/C14H18N8O2/c1-20(2)13(23)7-21-6-11(5-16-21)18-12-4-10(8-24-3)19-14-15-9-17-22(12)14/h4-6,9,18H,7-8H2,1-3H3. The number of aromatic nitrogens is 6. The van der Waals surface area contributed by atoms with Crippen molar-refractivity contribution in [2.45, 2.75) is 13.2 Å². The fourth-order valence-corrected chi connectivity index (χ4v) is 2.11. The Morgan fingerprint density at radius 3 is 2.96 bits per heavy atom. The number of rotatable bonds is 6. The van der Waals surface area contributed by atoms with Crippen LogP contribution in [0.15, 0.2) is 24.8 Å². The zero-order valence-corrected chi connectivity index (χ0v) is 13.7. The molecule has 3 rings (SSSR count). The van der Waals surface area contributed by atoms with Gasteiger partial charge >= 0.3 is 0 Å². The molecule has 0 aromatic carbocycles. The third-order valence-corrected chi connectivity index (χ3v) is 3.30. The number of carbonyl (C=O) groups is 1. The van der Waals surface area contributed by atoms with Crippen LogP contribution in [0.25, 0.3) is 5.78 Å². The maximum atomic E-state index is 11.7. The SMILES string of the molecule is COCc1cc(Nc2cnn(CC(=O)N(C)C)c2)n2ncnc2n1. The van der Waals surface area contributed by atoms with Crippen molar-refractivity contribution in [2.75, 3.05) is 26.5 Å². The third kappa shape index (κ3) is 3.33. The van der Waals surface area contributed by atoms with Gasteiger partial charge in [-0.15, -0.1) is 0 Å². The van der Waals surface area contributed by atoms with Gasteiger partial charge in [-0.25, -0.2) is 4.98 Å². The molecule has 0 unspecified atom stereocenters. The number of fused-ring (bicyclic) bond motifs is 1. The van der Waals surface area contributed by atoms with Gasteiger partial charge in [0.25, 0.3) is 5.78 Å². The number of hydrogen-bond acceptors (Lipinski definition) is 7. The lowest BCUT2D eigenvalue weighted by molar-refractivity contribution is -0.129. The van der Waals surface area contributed by atoms with Gasteiger partial charge in [-0.3, -0.25) is 9.48 Å². The highest BCUT2D eigenvalue weighted by Crippen LogP contribution is 2.17. The van der Waals surface area contributed by atoms with Crippen molar-refractivity contribution < 1.29 is 9.53 Å². The molecule has 0 fully saturated rings. The first-order valence-corrected chi connectivity index (χ1v) is 7.25. The van der Waals surface area contributed by atoms with Gasteiger partial charge < -0.3 is 15.0 Å². The van der Waals surface area contributed by atoms with E-state index in [-0.39, 0.29) is 12.5 Å². The van der Waals surface area contributed by atoms with Crippen molar-refractivity contribution in [3.05, 3.63) is 30.5 Å². The van der Waals surface area contributed by atoms with E-state index in [0.717, 1.165) is 11.4 Å². The molecule has 10 nitrogen and oxygen atoms in total. The van der Waals surface area contributed by atoms with Gasteiger partial charge in [0, 0.05) is 33.5 Å². The van der Waals surface area contributed by atoms with Crippen molar-refractivity contribution in [1.82, 2.24) is 34.3 Å². The Hall–Kier alpha value is -3.01. The first kappa shape index (κ1) is 15.9. The van der Waals surface area contributed by atoms with E-state index in [2.05, 4.69) is 25.5 Å². The molecule has 3 heterocycles. The van der Waals surface area contributed by atoms with Crippen LogP contribution in [-0.2, 0) is 22.7 Å². The van der Waals surface area contributed by atoms with Crippen LogP contribution in [0.5, 0.6) is 0 Å². The van der Waals surface area contributed by atoms with E-state index in [0.29, 0.717) is 18.2 Å². The third-order valence-electron chi connectivity index (χ3n) is 3.30. The number of anilines is 2. The highest BCUT2D eigenvalue weighted by atomic mass is 16.5. The molecule has 0 spiro atoms.